The Hall–Kier alpha value is -2.49. The molecule has 192 valence electrons. The fourth-order valence-corrected chi connectivity index (χ4v) is 4.63. The summed E-state index contributed by atoms with van der Waals surface area (Å²) in [7, 11) is -3.82. The first kappa shape index (κ1) is 28.7. The van der Waals surface area contributed by atoms with Crippen LogP contribution >= 0.6 is 23.2 Å². The third kappa shape index (κ3) is 8.30. The second-order valence-corrected chi connectivity index (χ2v) is 11.0. The van der Waals surface area contributed by atoms with Crippen molar-refractivity contribution < 1.29 is 22.7 Å². The van der Waals surface area contributed by atoms with Gasteiger partial charge in [-0.05, 0) is 69.7 Å². The zero-order valence-electron chi connectivity index (χ0n) is 20.4. The lowest BCUT2D eigenvalue weighted by Crippen LogP contribution is -2.52. The van der Waals surface area contributed by atoms with Crippen molar-refractivity contribution in [1.29, 1.82) is 0 Å². The van der Waals surface area contributed by atoms with E-state index in [-0.39, 0.29) is 18.5 Å². The molecule has 0 heterocycles. The van der Waals surface area contributed by atoms with Crippen LogP contribution in [-0.2, 0) is 26.2 Å². The van der Waals surface area contributed by atoms with Crippen LogP contribution in [0.25, 0.3) is 0 Å². The number of nitrogens with zero attached hydrogens (tertiary/aromatic N) is 2. The number of amides is 2. The molecule has 2 rings (SSSR count). The van der Waals surface area contributed by atoms with Crippen molar-refractivity contribution in [2.45, 2.75) is 46.3 Å². The van der Waals surface area contributed by atoms with Gasteiger partial charge in [0.25, 0.3) is 0 Å². The molecule has 0 saturated carbocycles. The van der Waals surface area contributed by atoms with E-state index < -0.39 is 28.5 Å². The van der Waals surface area contributed by atoms with E-state index in [2.05, 4.69) is 5.32 Å². The number of sulfonamides is 1. The van der Waals surface area contributed by atoms with E-state index in [1.54, 1.807) is 49.4 Å². The predicted octanol–water partition coefficient (Wildman–Crippen LogP) is 4.10. The van der Waals surface area contributed by atoms with Crippen LogP contribution in [0.15, 0.2) is 42.5 Å². The summed E-state index contributed by atoms with van der Waals surface area (Å²) < 4.78 is 31.6. The number of halogens is 2. The zero-order chi connectivity index (χ0) is 26.3. The number of hydrogen-bond donors (Lipinski definition) is 1. The van der Waals surface area contributed by atoms with Gasteiger partial charge >= 0.3 is 0 Å². The van der Waals surface area contributed by atoms with E-state index in [1.807, 2.05) is 20.8 Å². The molecule has 0 aromatic heterocycles. The van der Waals surface area contributed by atoms with Crippen LogP contribution in [0.1, 0.15) is 33.3 Å². The van der Waals surface area contributed by atoms with E-state index >= 15 is 0 Å². The van der Waals surface area contributed by atoms with E-state index in [1.165, 1.54) is 4.90 Å². The summed E-state index contributed by atoms with van der Waals surface area (Å²) in [4.78, 5) is 27.6. The third-order valence-corrected chi connectivity index (χ3v) is 6.80. The number of nitrogens with one attached hydrogen (secondary N) is 1. The standard InChI is InChI=1S/C24H31Cl2N3O5S/c1-6-34-21-11-9-20(10-12-21)29(35(5,32)33)15-23(30)28(17(4)24(31)27-16(2)3)14-18-7-8-19(25)13-22(18)26/h7-13,16-17H,6,14-15H2,1-5H3,(H,27,31). The Labute approximate surface area is 217 Å². The van der Waals surface area contributed by atoms with Gasteiger partial charge in [0.2, 0.25) is 21.8 Å². The number of carbonyl (C=O) groups is 2. The number of hydrogen-bond acceptors (Lipinski definition) is 5. The molecule has 1 N–H and O–H groups in total. The van der Waals surface area contributed by atoms with Crippen LogP contribution in [0.4, 0.5) is 5.69 Å². The number of rotatable bonds is 11. The fourth-order valence-electron chi connectivity index (χ4n) is 3.31. The van der Waals surface area contributed by atoms with Crippen molar-refractivity contribution >= 4 is 50.7 Å². The van der Waals surface area contributed by atoms with Gasteiger partial charge in [-0.3, -0.25) is 13.9 Å². The molecule has 1 atom stereocenters. The van der Waals surface area contributed by atoms with Gasteiger partial charge < -0.3 is 15.0 Å². The Morgan fingerprint density at radius 1 is 1.06 bits per heavy atom. The highest BCUT2D eigenvalue weighted by atomic mass is 35.5. The van der Waals surface area contributed by atoms with E-state index in [9.17, 15) is 18.0 Å². The molecule has 0 saturated heterocycles. The van der Waals surface area contributed by atoms with E-state index in [4.69, 9.17) is 27.9 Å². The Morgan fingerprint density at radius 2 is 1.69 bits per heavy atom. The topological polar surface area (TPSA) is 96.0 Å². The highest BCUT2D eigenvalue weighted by molar-refractivity contribution is 7.92. The molecule has 0 radical (unpaired) electrons. The van der Waals surface area contributed by atoms with Crippen molar-refractivity contribution in [2.24, 2.45) is 0 Å². The summed E-state index contributed by atoms with van der Waals surface area (Å²) in [6.45, 7) is 6.99. The summed E-state index contributed by atoms with van der Waals surface area (Å²) >= 11 is 12.3. The van der Waals surface area contributed by atoms with Crippen molar-refractivity contribution in [1.82, 2.24) is 10.2 Å². The molecule has 0 fully saturated rings. The lowest BCUT2D eigenvalue weighted by Gasteiger charge is -2.32. The van der Waals surface area contributed by atoms with Gasteiger partial charge in [-0.2, -0.15) is 0 Å². The van der Waals surface area contributed by atoms with Crippen molar-refractivity contribution in [3.63, 3.8) is 0 Å². The second-order valence-electron chi connectivity index (χ2n) is 8.29. The molecule has 2 aromatic rings. The van der Waals surface area contributed by atoms with Gasteiger partial charge in [0.1, 0.15) is 18.3 Å². The lowest BCUT2D eigenvalue weighted by molar-refractivity contribution is -0.139. The molecular weight excluding hydrogens is 513 g/mol. The number of benzene rings is 2. The largest absolute Gasteiger partial charge is 0.494 e. The quantitative estimate of drug-likeness (QED) is 0.460. The first-order valence-corrected chi connectivity index (χ1v) is 13.7. The summed E-state index contributed by atoms with van der Waals surface area (Å²) in [5.41, 5.74) is 0.869. The average molecular weight is 545 g/mol. The Bertz CT molecular complexity index is 1140. The molecule has 0 aliphatic rings. The highest BCUT2D eigenvalue weighted by Crippen LogP contribution is 2.25. The average Bonchev–Trinajstić information content (AvgIpc) is 2.76. The zero-order valence-corrected chi connectivity index (χ0v) is 22.7. The van der Waals surface area contributed by atoms with Crippen molar-refractivity contribution in [3.8, 4) is 5.75 Å². The SMILES string of the molecule is CCOc1ccc(N(CC(=O)N(Cc2ccc(Cl)cc2Cl)C(C)C(=O)NC(C)C)S(C)(=O)=O)cc1. The summed E-state index contributed by atoms with van der Waals surface area (Å²) in [6, 6.07) is 10.2. The molecule has 0 bridgehead atoms. The molecule has 0 spiro atoms. The minimum Gasteiger partial charge on any atom is -0.494 e. The first-order chi connectivity index (χ1) is 16.3. The molecular formula is C24H31Cl2N3O5S. The molecule has 2 amide bonds. The van der Waals surface area contributed by atoms with Crippen LogP contribution < -0.4 is 14.4 Å². The smallest absolute Gasteiger partial charge is 0.244 e. The summed E-state index contributed by atoms with van der Waals surface area (Å²) in [5.74, 6) is -0.360. The molecule has 2 aromatic carbocycles. The second kappa shape index (κ2) is 12.5. The maximum absolute atomic E-state index is 13.5. The van der Waals surface area contributed by atoms with E-state index in [0.717, 1.165) is 10.6 Å². The van der Waals surface area contributed by atoms with Gasteiger partial charge in [-0.25, -0.2) is 8.42 Å². The molecule has 8 nitrogen and oxygen atoms in total. The van der Waals surface area contributed by atoms with Gasteiger partial charge in [-0.15, -0.1) is 0 Å². The minimum absolute atomic E-state index is 0.0115. The highest BCUT2D eigenvalue weighted by Gasteiger charge is 2.30. The molecule has 35 heavy (non-hydrogen) atoms. The first-order valence-electron chi connectivity index (χ1n) is 11.1. The normalized spacial score (nSPS) is 12.2. The van der Waals surface area contributed by atoms with Crippen molar-refractivity contribution in [2.75, 3.05) is 23.7 Å². The van der Waals surface area contributed by atoms with Crippen LogP contribution in [0.3, 0.4) is 0 Å². The number of carbonyl (C=O) groups excluding carboxylic acids is 2. The minimum atomic E-state index is -3.82. The van der Waals surface area contributed by atoms with Crippen LogP contribution in [0.5, 0.6) is 5.75 Å². The number of anilines is 1. The Morgan fingerprint density at radius 3 is 2.20 bits per heavy atom. The maximum atomic E-state index is 13.5. The van der Waals surface area contributed by atoms with Crippen LogP contribution in [-0.4, -0.2) is 56.6 Å². The molecule has 0 aliphatic heterocycles. The van der Waals surface area contributed by atoms with Gasteiger partial charge in [0.05, 0.1) is 18.6 Å². The van der Waals surface area contributed by atoms with Crippen molar-refractivity contribution in [3.05, 3.63) is 58.1 Å². The van der Waals surface area contributed by atoms with Crippen LogP contribution in [0, 0.1) is 0 Å². The third-order valence-electron chi connectivity index (χ3n) is 5.07. The summed E-state index contributed by atoms with van der Waals surface area (Å²) in [6.07, 6.45) is 1.02. The predicted molar refractivity (Wildman–Crippen MR) is 140 cm³/mol. The molecule has 0 aliphatic carbocycles. The van der Waals surface area contributed by atoms with E-state index in [0.29, 0.717) is 33.7 Å². The molecule has 11 heteroatoms. The molecule has 1 unspecified atom stereocenters. The van der Waals surface area contributed by atoms with Crippen LogP contribution in [0.2, 0.25) is 10.0 Å². The van der Waals surface area contributed by atoms with Gasteiger partial charge in [0, 0.05) is 22.6 Å². The van der Waals surface area contributed by atoms with Gasteiger partial charge in [-0.1, -0.05) is 29.3 Å². The lowest BCUT2D eigenvalue weighted by atomic mass is 10.1. The monoisotopic (exact) mass is 543 g/mol. The summed E-state index contributed by atoms with van der Waals surface area (Å²) in [5, 5.41) is 3.55. The van der Waals surface area contributed by atoms with Gasteiger partial charge in [0.15, 0.2) is 0 Å². The Kier molecular flexibility index (Phi) is 10.2. The number of ether oxygens (including phenoxy) is 1. The Balaban J connectivity index is 2.40. The fraction of sp³-hybridized carbons (Fsp3) is 0.417. The maximum Gasteiger partial charge on any atom is 0.244 e.